The molecule has 4 nitrogen and oxygen atoms in total. The van der Waals surface area contributed by atoms with Crippen LogP contribution in [0.15, 0.2) is 0 Å². The molecule has 4 heteroatoms. The molecular weight excluding hydrogens is 180 g/mol. The molecule has 0 bridgehead atoms. The summed E-state index contributed by atoms with van der Waals surface area (Å²) in [7, 11) is 0. The number of hydrogen-bond donors (Lipinski definition) is 3. The smallest absolute Gasteiger partial charge is 0.250 e. The van der Waals surface area contributed by atoms with Crippen molar-refractivity contribution in [1.82, 2.24) is 5.32 Å². The molecule has 1 fully saturated rings. The molecular formula is C10H20N2O2. The Labute approximate surface area is 84.9 Å². The number of rotatable bonds is 6. The highest BCUT2D eigenvalue weighted by Crippen LogP contribution is 2.18. The maximum absolute atomic E-state index is 11.4. The van der Waals surface area contributed by atoms with Gasteiger partial charge in [-0.15, -0.1) is 0 Å². The van der Waals surface area contributed by atoms with E-state index < -0.39 is 12.1 Å². The fourth-order valence-electron chi connectivity index (χ4n) is 1.31. The van der Waals surface area contributed by atoms with Crippen LogP contribution in [0.4, 0.5) is 0 Å². The third kappa shape index (κ3) is 3.64. The molecule has 0 saturated heterocycles. The number of hydrogen-bond acceptors (Lipinski definition) is 3. The minimum atomic E-state index is -1.04. The Balaban J connectivity index is 2.22. The number of carbonyl (C=O) groups is 1. The summed E-state index contributed by atoms with van der Waals surface area (Å²) in [5, 5.41) is 12.3. The van der Waals surface area contributed by atoms with E-state index in [1.165, 1.54) is 0 Å². The van der Waals surface area contributed by atoms with E-state index in [4.69, 9.17) is 5.73 Å². The van der Waals surface area contributed by atoms with Crippen molar-refractivity contribution in [2.24, 2.45) is 5.73 Å². The molecule has 2 atom stereocenters. The van der Waals surface area contributed by atoms with Crippen LogP contribution in [0.3, 0.4) is 0 Å². The van der Waals surface area contributed by atoms with Crippen LogP contribution in [0.25, 0.3) is 0 Å². The topological polar surface area (TPSA) is 75.3 Å². The molecule has 1 aliphatic rings. The molecule has 1 saturated carbocycles. The van der Waals surface area contributed by atoms with E-state index in [0.29, 0.717) is 6.42 Å². The van der Waals surface area contributed by atoms with Gasteiger partial charge in [0.05, 0.1) is 0 Å². The van der Waals surface area contributed by atoms with Crippen molar-refractivity contribution in [3.8, 4) is 0 Å². The zero-order valence-electron chi connectivity index (χ0n) is 8.70. The summed E-state index contributed by atoms with van der Waals surface area (Å²) in [5.74, 6) is -0.309. The van der Waals surface area contributed by atoms with Crippen LogP contribution in [-0.2, 0) is 4.79 Å². The molecule has 0 spiro atoms. The highest BCUT2D eigenvalue weighted by Gasteiger charge is 2.28. The van der Waals surface area contributed by atoms with Gasteiger partial charge in [0, 0.05) is 12.1 Å². The summed E-state index contributed by atoms with van der Waals surface area (Å²) >= 11 is 0. The quantitative estimate of drug-likeness (QED) is 0.571. The maximum Gasteiger partial charge on any atom is 0.250 e. The molecule has 0 unspecified atom stereocenters. The Morgan fingerprint density at radius 1 is 1.64 bits per heavy atom. The van der Waals surface area contributed by atoms with E-state index in [1.807, 2.05) is 0 Å². The standard InChI is InChI=1S/C10H20N2O2/c1-2-3-4-8(11)9(13)10(14)12-7-5-6-7/h7-9,13H,2-6,11H2,1H3,(H,12,14)/t8-,9-/m0/s1. The number of amides is 1. The van der Waals surface area contributed by atoms with E-state index in [1.54, 1.807) is 0 Å². The molecule has 1 aliphatic carbocycles. The molecule has 0 aromatic heterocycles. The van der Waals surface area contributed by atoms with Crippen LogP contribution in [0.2, 0.25) is 0 Å². The van der Waals surface area contributed by atoms with Gasteiger partial charge < -0.3 is 16.2 Å². The summed E-state index contributed by atoms with van der Waals surface area (Å²) in [4.78, 5) is 11.4. The minimum absolute atomic E-state index is 0.288. The van der Waals surface area contributed by atoms with Crippen molar-refractivity contribution in [3.63, 3.8) is 0 Å². The normalized spacial score (nSPS) is 20.2. The lowest BCUT2D eigenvalue weighted by molar-refractivity contribution is -0.130. The highest BCUT2D eigenvalue weighted by atomic mass is 16.3. The lowest BCUT2D eigenvalue weighted by Crippen LogP contribution is -2.46. The molecule has 4 N–H and O–H groups in total. The number of carbonyl (C=O) groups excluding carboxylic acids is 1. The summed E-state index contributed by atoms with van der Waals surface area (Å²) in [5.41, 5.74) is 5.69. The van der Waals surface area contributed by atoms with Gasteiger partial charge in [-0.25, -0.2) is 0 Å². The number of aliphatic hydroxyl groups excluding tert-OH is 1. The van der Waals surface area contributed by atoms with Gasteiger partial charge in [0.25, 0.3) is 5.91 Å². The number of unbranched alkanes of at least 4 members (excludes halogenated alkanes) is 1. The van der Waals surface area contributed by atoms with Gasteiger partial charge in [-0.1, -0.05) is 19.8 Å². The molecule has 82 valence electrons. The van der Waals surface area contributed by atoms with Crippen LogP contribution >= 0.6 is 0 Å². The van der Waals surface area contributed by atoms with Crippen molar-refractivity contribution in [2.75, 3.05) is 0 Å². The van der Waals surface area contributed by atoms with Crippen LogP contribution in [-0.4, -0.2) is 29.2 Å². The lowest BCUT2D eigenvalue weighted by atomic mass is 10.0. The molecule has 0 aliphatic heterocycles. The van der Waals surface area contributed by atoms with Gasteiger partial charge in [0.1, 0.15) is 6.10 Å². The second-order valence-electron chi connectivity index (χ2n) is 4.03. The molecule has 1 rings (SSSR count). The molecule has 0 aromatic rings. The fraction of sp³-hybridized carbons (Fsp3) is 0.900. The largest absolute Gasteiger partial charge is 0.382 e. The molecule has 0 heterocycles. The van der Waals surface area contributed by atoms with Gasteiger partial charge in [-0.3, -0.25) is 4.79 Å². The predicted molar refractivity (Wildman–Crippen MR) is 54.7 cm³/mol. The second kappa shape index (κ2) is 5.32. The van der Waals surface area contributed by atoms with E-state index in [2.05, 4.69) is 12.2 Å². The molecule has 1 amide bonds. The van der Waals surface area contributed by atoms with Gasteiger partial charge in [-0.05, 0) is 19.3 Å². The summed E-state index contributed by atoms with van der Waals surface area (Å²) in [6.45, 7) is 2.06. The number of nitrogens with one attached hydrogen (secondary N) is 1. The van der Waals surface area contributed by atoms with Crippen molar-refractivity contribution < 1.29 is 9.90 Å². The third-order valence-electron chi connectivity index (χ3n) is 2.49. The summed E-state index contributed by atoms with van der Waals surface area (Å²) in [6, 6.07) is -0.135. The van der Waals surface area contributed by atoms with Crippen LogP contribution in [0, 0.1) is 0 Å². The Kier molecular flexibility index (Phi) is 4.35. The predicted octanol–water partition coefficient (Wildman–Crippen LogP) is 0.143. The second-order valence-corrected chi connectivity index (χ2v) is 4.03. The SMILES string of the molecule is CCCC[C@H](N)[C@H](O)C(=O)NC1CC1. The fourth-order valence-corrected chi connectivity index (χ4v) is 1.31. The number of nitrogens with two attached hydrogens (primary N) is 1. The van der Waals surface area contributed by atoms with Crippen LogP contribution < -0.4 is 11.1 Å². The minimum Gasteiger partial charge on any atom is -0.382 e. The highest BCUT2D eigenvalue weighted by molar-refractivity contribution is 5.81. The Morgan fingerprint density at radius 3 is 2.79 bits per heavy atom. The first-order valence-corrected chi connectivity index (χ1v) is 5.39. The first-order valence-electron chi connectivity index (χ1n) is 5.39. The average molecular weight is 200 g/mol. The van der Waals surface area contributed by atoms with Crippen LogP contribution in [0.5, 0.6) is 0 Å². The van der Waals surface area contributed by atoms with E-state index in [9.17, 15) is 9.90 Å². The van der Waals surface area contributed by atoms with Crippen molar-refractivity contribution >= 4 is 5.91 Å². The third-order valence-corrected chi connectivity index (χ3v) is 2.49. The average Bonchev–Trinajstić information content (AvgIpc) is 2.96. The summed E-state index contributed by atoms with van der Waals surface area (Å²) < 4.78 is 0. The first-order chi connectivity index (χ1) is 6.65. The van der Waals surface area contributed by atoms with E-state index in [0.717, 1.165) is 25.7 Å². The molecule has 0 radical (unpaired) electrons. The first kappa shape index (κ1) is 11.5. The van der Waals surface area contributed by atoms with Crippen molar-refractivity contribution in [2.45, 2.75) is 57.2 Å². The van der Waals surface area contributed by atoms with Crippen molar-refractivity contribution in [3.05, 3.63) is 0 Å². The van der Waals surface area contributed by atoms with Crippen LogP contribution in [0.1, 0.15) is 39.0 Å². The zero-order chi connectivity index (χ0) is 10.6. The number of aliphatic hydroxyl groups is 1. The monoisotopic (exact) mass is 200 g/mol. The Bertz CT molecular complexity index is 193. The van der Waals surface area contributed by atoms with Crippen molar-refractivity contribution in [1.29, 1.82) is 0 Å². The zero-order valence-corrected chi connectivity index (χ0v) is 8.70. The molecule has 14 heavy (non-hydrogen) atoms. The van der Waals surface area contributed by atoms with Gasteiger partial charge in [0.15, 0.2) is 0 Å². The van der Waals surface area contributed by atoms with Gasteiger partial charge >= 0.3 is 0 Å². The lowest BCUT2D eigenvalue weighted by Gasteiger charge is -2.17. The Morgan fingerprint density at radius 2 is 2.29 bits per heavy atom. The van der Waals surface area contributed by atoms with Gasteiger partial charge in [-0.2, -0.15) is 0 Å². The van der Waals surface area contributed by atoms with E-state index in [-0.39, 0.29) is 11.9 Å². The molecule has 0 aromatic carbocycles. The Hall–Kier alpha value is -0.610. The van der Waals surface area contributed by atoms with E-state index >= 15 is 0 Å². The van der Waals surface area contributed by atoms with Gasteiger partial charge in [0.2, 0.25) is 0 Å². The maximum atomic E-state index is 11.4. The summed E-state index contributed by atoms with van der Waals surface area (Å²) in [6.07, 6.45) is 3.71.